The topological polar surface area (TPSA) is 51.6 Å². The molecule has 4 heteroatoms. The molecular formula is C54H32N4. The Labute approximate surface area is 334 Å². The largest absolute Gasteiger partial charge is 0.245 e. The number of rotatable bonds is 5. The minimum Gasteiger partial charge on any atom is -0.245 e. The van der Waals surface area contributed by atoms with Gasteiger partial charge in [0.1, 0.15) is 5.69 Å². The molecule has 11 aromatic rings. The van der Waals surface area contributed by atoms with Crippen molar-refractivity contribution in [2.75, 3.05) is 0 Å². The van der Waals surface area contributed by atoms with E-state index in [1.165, 1.54) is 77.2 Å². The van der Waals surface area contributed by atoms with Gasteiger partial charge in [-0.1, -0.05) is 164 Å². The van der Waals surface area contributed by atoms with Crippen LogP contribution in [0.5, 0.6) is 0 Å². The lowest BCUT2D eigenvalue weighted by atomic mass is 9.82. The maximum absolute atomic E-state index is 5.20. The van der Waals surface area contributed by atoms with Crippen LogP contribution in [0.15, 0.2) is 194 Å². The van der Waals surface area contributed by atoms with E-state index in [0.29, 0.717) is 5.82 Å². The summed E-state index contributed by atoms with van der Waals surface area (Å²) in [5.41, 5.74) is 17.0. The summed E-state index contributed by atoms with van der Waals surface area (Å²) in [5, 5.41) is 7.16. The molecule has 4 nitrogen and oxygen atoms in total. The van der Waals surface area contributed by atoms with Gasteiger partial charge in [-0.15, -0.1) is 0 Å². The van der Waals surface area contributed by atoms with Crippen LogP contribution in [0.1, 0.15) is 0 Å². The van der Waals surface area contributed by atoms with Crippen LogP contribution in [0.2, 0.25) is 0 Å². The summed E-state index contributed by atoms with van der Waals surface area (Å²) < 4.78 is 0. The average molecular weight is 737 g/mol. The zero-order valence-electron chi connectivity index (χ0n) is 31.3. The van der Waals surface area contributed by atoms with Crippen LogP contribution in [0, 0.1) is 0 Å². The van der Waals surface area contributed by atoms with Crippen LogP contribution in [0.25, 0.3) is 122 Å². The highest BCUT2D eigenvalue weighted by atomic mass is 14.9. The molecule has 3 heterocycles. The van der Waals surface area contributed by atoms with Gasteiger partial charge in [0, 0.05) is 28.7 Å². The Morgan fingerprint density at radius 3 is 1.43 bits per heavy atom. The number of pyridine rings is 2. The first-order valence-corrected chi connectivity index (χ1v) is 19.6. The number of hydrogen-bond donors (Lipinski definition) is 0. The summed E-state index contributed by atoms with van der Waals surface area (Å²) in [6.45, 7) is 0. The van der Waals surface area contributed by atoms with Crippen LogP contribution in [0.3, 0.4) is 0 Å². The fourth-order valence-corrected chi connectivity index (χ4v) is 9.17. The summed E-state index contributed by atoms with van der Waals surface area (Å²) in [7, 11) is 0. The quantitative estimate of drug-likeness (QED) is 0.165. The van der Waals surface area contributed by atoms with Crippen LogP contribution >= 0.6 is 0 Å². The molecule has 0 N–H and O–H groups in total. The standard InChI is InChI=1S/C54H32N4/c1-3-11-35(12-4-1)47-41-15-7-8-16-42(41)48(36-13-5-2-6-14-36)51-44-28-27-39(40-17-9-18-43(49(40)44)50(47)51)33-19-21-34(22-20-33)45-29-25-37-23-24-38-26-30-46(54-55-31-10-32-56-54)58-53(38)52(37)57-45/h1-32H. The van der Waals surface area contributed by atoms with E-state index in [-0.39, 0.29) is 0 Å². The lowest BCUT2D eigenvalue weighted by molar-refractivity contribution is 1.15. The van der Waals surface area contributed by atoms with Gasteiger partial charge < -0.3 is 0 Å². The van der Waals surface area contributed by atoms with Gasteiger partial charge in [-0.05, 0) is 95.4 Å². The molecule has 0 saturated heterocycles. The van der Waals surface area contributed by atoms with Crippen molar-refractivity contribution in [1.82, 2.24) is 19.9 Å². The monoisotopic (exact) mass is 736 g/mol. The van der Waals surface area contributed by atoms with Crippen molar-refractivity contribution < 1.29 is 0 Å². The molecule has 8 aromatic carbocycles. The molecule has 0 saturated carbocycles. The third kappa shape index (κ3) is 4.95. The maximum atomic E-state index is 5.20. The van der Waals surface area contributed by atoms with E-state index in [9.17, 15) is 0 Å². The molecule has 0 atom stereocenters. The minimum atomic E-state index is 0.599. The van der Waals surface area contributed by atoms with Gasteiger partial charge >= 0.3 is 0 Å². The Morgan fingerprint density at radius 1 is 0.293 bits per heavy atom. The molecule has 0 fully saturated rings. The van der Waals surface area contributed by atoms with Crippen molar-refractivity contribution >= 4 is 43.4 Å². The first-order valence-electron chi connectivity index (χ1n) is 19.6. The second-order valence-corrected chi connectivity index (χ2v) is 14.9. The van der Waals surface area contributed by atoms with E-state index >= 15 is 0 Å². The van der Waals surface area contributed by atoms with E-state index in [4.69, 9.17) is 9.97 Å². The van der Waals surface area contributed by atoms with Crippen molar-refractivity contribution in [2.24, 2.45) is 0 Å². The SMILES string of the molecule is c1ccc(-c2c3c(c(-c4ccccc4)c4ccccc24)-c2ccc(-c4ccc(-c5ccc6ccc7ccc(-c8ncccn8)nc7c6n5)cc4)c4cccc-3c24)cc1. The summed E-state index contributed by atoms with van der Waals surface area (Å²) in [5.74, 6) is 0.599. The smallest absolute Gasteiger partial charge is 0.178 e. The van der Waals surface area contributed by atoms with Crippen molar-refractivity contribution in [3.8, 4) is 78.4 Å². The normalized spacial score (nSPS) is 11.8. The minimum absolute atomic E-state index is 0.599. The lowest BCUT2D eigenvalue weighted by Gasteiger charge is -2.20. The van der Waals surface area contributed by atoms with Gasteiger partial charge in [0.05, 0.1) is 16.7 Å². The van der Waals surface area contributed by atoms with Crippen LogP contribution in [0.4, 0.5) is 0 Å². The van der Waals surface area contributed by atoms with Gasteiger partial charge in [-0.3, -0.25) is 0 Å². The molecule has 58 heavy (non-hydrogen) atoms. The molecule has 12 rings (SSSR count). The summed E-state index contributed by atoms with van der Waals surface area (Å²) in [4.78, 5) is 19.1. The number of benzene rings is 8. The van der Waals surface area contributed by atoms with Gasteiger partial charge in [-0.2, -0.15) is 0 Å². The van der Waals surface area contributed by atoms with Crippen molar-refractivity contribution in [3.05, 3.63) is 194 Å². The molecule has 0 aliphatic heterocycles. The molecule has 3 aromatic heterocycles. The first kappa shape index (κ1) is 32.4. The van der Waals surface area contributed by atoms with Crippen LogP contribution in [-0.4, -0.2) is 19.9 Å². The highest BCUT2D eigenvalue weighted by molar-refractivity contribution is 6.28. The Bertz CT molecular complexity index is 3320. The van der Waals surface area contributed by atoms with E-state index in [0.717, 1.165) is 38.8 Å². The third-order valence-electron chi connectivity index (χ3n) is 11.7. The average Bonchev–Trinajstić information content (AvgIpc) is 3.63. The Kier molecular flexibility index (Phi) is 7.20. The van der Waals surface area contributed by atoms with E-state index in [1.54, 1.807) is 12.4 Å². The Balaban J connectivity index is 1.01. The highest BCUT2D eigenvalue weighted by Crippen LogP contribution is 2.58. The predicted octanol–water partition coefficient (Wildman–Crippen LogP) is 13.9. The van der Waals surface area contributed by atoms with Crippen LogP contribution < -0.4 is 0 Å². The summed E-state index contributed by atoms with van der Waals surface area (Å²) in [6, 6.07) is 65.4. The van der Waals surface area contributed by atoms with E-state index < -0.39 is 0 Å². The zero-order valence-corrected chi connectivity index (χ0v) is 31.3. The summed E-state index contributed by atoms with van der Waals surface area (Å²) >= 11 is 0. The molecule has 0 bridgehead atoms. The molecular weight excluding hydrogens is 705 g/mol. The zero-order chi connectivity index (χ0) is 38.2. The number of hydrogen-bond acceptors (Lipinski definition) is 4. The molecule has 0 radical (unpaired) electrons. The fourth-order valence-electron chi connectivity index (χ4n) is 9.17. The lowest BCUT2D eigenvalue weighted by Crippen LogP contribution is -1.93. The van der Waals surface area contributed by atoms with E-state index in [2.05, 4.69) is 180 Å². The molecule has 0 spiro atoms. The first-order chi connectivity index (χ1) is 28.8. The van der Waals surface area contributed by atoms with Gasteiger partial charge in [0.15, 0.2) is 5.82 Å². The van der Waals surface area contributed by atoms with Crippen molar-refractivity contribution in [3.63, 3.8) is 0 Å². The second kappa shape index (κ2) is 12.9. The van der Waals surface area contributed by atoms with Gasteiger partial charge in [0.25, 0.3) is 0 Å². The van der Waals surface area contributed by atoms with Gasteiger partial charge in [-0.25, -0.2) is 19.9 Å². The molecule has 1 aliphatic rings. The molecule has 0 amide bonds. The molecule has 268 valence electrons. The van der Waals surface area contributed by atoms with Crippen molar-refractivity contribution in [1.29, 1.82) is 0 Å². The predicted molar refractivity (Wildman–Crippen MR) is 239 cm³/mol. The van der Waals surface area contributed by atoms with Crippen molar-refractivity contribution in [2.45, 2.75) is 0 Å². The molecule has 1 aliphatic carbocycles. The maximum Gasteiger partial charge on any atom is 0.178 e. The summed E-state index contributed by atoms with van der Waals surface area (Å²) in [6.07, 6.45) is 3.48. The third-order valence-corrected chi connectivity index (χ3v) is 11.7. The number of fused-ring (bicyclic) bond motifs is 7. The Morgan fingerprint density at radius 2 is 0.793 bits per heavy atom. The highest BCUT2D eigenvalue weighted by Gasteiger charge is 2.31. The van der Waals surface area contributed by atoms with Crippen LogP contribution in [-0.2, 0) is 0 Å². The fraction of sp³-hybridized carbons (Fsp3) is 0. The number of aromatic nitrogens is 4. The second-order valence-electron chi connectivity index (χ2n) is 14.9. The number of nitrogens with zero attached hydrogens (tertiary/aromatic N) is 4. The molecule has 0 unspecified atom stereocenters. The van der Waals surface area contributed by atoms with Gasteiger partial charge in [0.2, 0.25) is 0 Å². The van der Waals surface area contributed by atoms with E-state index in [1.807, 2.05) is 12.1 Å². The Hall–Kier alpha value is -7.82.